The zero-order valence-electron chi connectivity index (χ0n) is 11.8. The summed E-state index contributed by atoms with van der Waals surface area (Å²) in [5.41, 5.74) is 2.65. The van der Waals surface area contributed by atoms with Gasteiger partial charge in [-0.25, -0.2) is 0 Å². The second-order valence-electron chi connectivity index (χ2n) is 4.88. The lowest BCUT2D eigenvalue weighted by Crippen LogP contribution is -2.12. The van der Waals surface area contributed by atoms with Crippen LogP contribution >= 0.6 is 27.5 Å². The molecule has 4 heteroatoms. The first-order valence-corrected chi connectivity index (χ1v) is 8.12. The number of carbonyl (C=O) groups excluding carboxylic acids is 1. The molecule has 2 nitrogen and oxygen atoms in total. The van der Waals surface area contributed by atoms with Crippen molar-refractivity contribution >= 4 is 39.1 Å². The van der Waals surface area contributed by atoms with Gasteiger partial charge in [0.25, 0.3) is 5.91 Å². The average Bonchev–Trinajstić information content (AvgIpc) is 2.46. The fraction of sp³-hybridized carbons (Fsp3) is 0.235. The Labute approximate surface area is 138 Å². The van der Waals surface area contributed by atoms with Gasteiger partial charge in [0.15, 0.2) is 0 Å². The van der Waals surface area contributed by atoms with E-state index < -0.39 is 0 Å². The maximum Gasteiger partial charge on any atom is 0.256 e. The number of amides is 1. The molecule has 0 unspecified atom stereocenters. The summed E-state index contributed by atoms with van der Waals surface area (Å²) in [6.45, 7) is 2.18. The molecule has 2 aromatic rings. The maximum atomic E-state index is 12.2. The number of hydrogen-bond donors (Lipinski definition) is 1. The number of nitrogens with one attached hydrogen (secondary N) is 1. The van der Waals surface area contributed by atoms with Crippen LogP contribution < -0.4 is 5.32 Å². The Morgan fingerprint density at radius 3 is 2.52 bits per heavy atom. The van der Waals surface area contributed by atoms with Crippen LogP contribution in [0.4, 0.5) is 5.69 Å². The number of carbonyl (C=O) groups is 1. The van der Waals surface area contributed by atoms with Gasteiger partial charge in [-0.1, -0.05) is 37.1 Å². The molecule has 0 aliphatic heterocycles. The molecule has 0 radical (unpaired) electrons. The van der Waals surface area contributed by atoms with E-state index in [0.29, 0.717) is 15.1 Å². The minimum Gasteiger partial charge on any atom is -0.322 e. The number of hydrogen-bond acceptors (Lipinski definition) is 1. The lowest BCUT2D eigenvalue weighted by molar-refractivity contribution is 0.102. The van der Waals surface area contributed by atoms with Gasteiger partial charge in [-0.05, 0) is 64.7 Å². The number of halogens is 2. The fourth-order valence-electron chi connectivity index (χ4n) is 2.01. The van der Waals surface area contributed by atoms with Gasteiger partial charge in [-0.15, -0.1) is 0 Å². The lowest BCUT2D eigenvalue weighted by atomic mass is 10.1. The van der Waals surface area contributed by atoms with Crippen LogP contribution in [0.3, 0.4) is 0 Å². The highest BCUT2D eigenvalue weighted by atomic mass is 79.9. The molecular weight excluding hydrogens is 350 g/mol. The van der Waals surface area contributed by atoms with Gasteiger partial charge >= 0.3 is 0 Å². The SMILES string of the molecule is CCCCc1ccc(NC(=O)c2ccc(Cl)cc2Br)cc1. The van der Waals surface area contributed by atoms with Crippen LogP contribution in [0.2, 0.25) is 5.02 Å². The van der Waals surface area contributed by atoms with Crippen LogP contribution in [-0.2, 0) is 6.42 Å². The van der Waals surface area contributed by atoms with Crippen LogP contribution in [0.15, 0.2) is 46.9 Å². The predicted molar refractivity (Wildman–Crippen MR) is 92.2 cm³/mol. The van der Waals surface area contributed by atoms with Gasteiger partial charge < -0.3 is 5.32 Å². The largest absolute Gasteiger partial charge is 0.322 e. The molecular formula is C17H17BrClNO. The molecule has 1 N–H and O–H groups in total. The van der Waals surface area contributed by atoms with E-state index in [2.05, 4.69) is 40.3 Å². The van der Waals surface area contributed by atoms with E-state index in [9.17, 15) is 4.79 Å². The summed E-state index contributed by atoms with van der Waals surface area (Å²) in [6, 6.07) is 13.1. The molecule has 0 saturated carbocycles. The van der Waals surface area contributed by atoms with Gasteiger partial charge in [0.05, 0.1) is 5.56 Å². The van der Waals surface area contributed by atoms with Crippen LogP contribution in [0.5, 0.6) is 0 Å². The van der Waals surface area contributed by atoms with Gasteiger partial charge in [0.1, 0.15) is 0 Å². The topological polar surface area (TPSA) is 29.1 Å². The summed E-state index contributed by atoms with van der Waals surface area (Å²) < 4.78 is 0.687. The van der Waals surface area contributed by atoms with Crippen LogP contribution in [-0.4, -0.2) is 5.91 Å². The minimum atomic E-state index is -0.153. The Bertz CT molecular complexity index is 625. The quantitative estimate of drug-likeness (QED) is 0.723. The molecule has 0 aliphatic rings. The van der Waals surface area contributed by atoms with E-state index in [1.54, 1.807) is 18.2 Å². The standard InChI is InChI=1S/C17H17BrClNO/c1-2-3-4-12-5-8-14(9-6-12)20-17(21)15-10-7-13(19)11-16(15)18/h5-11H,2-4H2,1H3,(H,20,21). The van der Waals surface area contributed by atoms with Crippen molar-refractivity contribution in [2.24, 2.45) is 0 Å². The third kappa shape index (κ3) is 4.58. The van der Waals surface area contributed by atoms with E-state index in [1.807, 2.05) is 12.1 Å². The number of aryl methyl sites for hydroxylation is 1. The third-order valence-corrected chi connectivity index (χ3v) is 4.10. The molecule has 2 aromatic carbocycles. The van der Waals surface area contributed by atoms with Crippen molar-refractivity contribution < 1.29 is 4.79 Å². The van der Waals surface area contributed by atoms with Gasteiger partial charge in [0, 0.05) is 15.2 Å². The summed E-state index contributed by atoms with van der Waals surface area (Å²) in [4.78, 5) is 12.2. The lowest BCUT2D eigenvalue weighted by Gasteiger charge is -2.08. The van der Waals surface area contributed by atoms with E-state index in [-0.39, 0.29) is 5.91 Å². The summed E-state index contributed by atoms with van der Waals surface area (Å²) in [6.07, 6.45) is 3.44. The number of unbranched alkanes of at least 4 members (excludes halogenated alkanes) is 1. The Morgan fingerprint density at radius 1 is 1.19 bits per heavy atom. The molecule has 110 valence electrons. The van der Waals surface area contributed by atoms with Crippen LogP contribution in [0.25, 0.3) is 0 Å². The predicted octanol–water partition coefficient (Wildman–Crippen LogP) is 5.70. The zero-order chi connectivity index (χ0) is 15.2. The Balaban J connectivity index is 2.05. The summed E-state index contributed by atoms with van der Waals surface area (Å²) >= 11 is 9.24. The van der Waals surface area contributed by atoms with Gasteiger partial charge in [-0.3, -0.25) is 4.79 Å². The Morgan fingerprint density at radius 2 is 1.90 bits per heavy atom. The first-order valence-electron chi connectivity index (χ1n) is 6.95. The number of rotatable bonds is 5. The summed E-state index contributed by atoms with van der Waals surface area (Å²) in [5, 5.41) is 3.49. The second-order valence-corrected chi connectivity index (χ2v) is 6.17. The molecule has 21 heavy (non-hydrogen) atoms. The molecule has 0 aromatic heterocycles. The molecule has 0 bridgehead atoms. The van der Waals surface area contributed by atoms with Crippen LogP contribution in [0, 0.1) is 0 Å². The summed E-state index contributed by atoms with van der Waals surface area (Å²) in [5.74, 6) is -0.153. The smallest absolute Gasteiger partial charge is 0.256 e. The molecule has 0 aliphatic carbocycles. The van der Waals surface area contributed by atoms with Crippen molar-refractivity contribution in [3.05, 3.63) is 63.1 Å². The number of anilines is 1. The average molecular weight is 367 g/mol. The minimum absolute atomic E-state index is 0.153. The van der Waals surface area contributed by atoms with E-state index in [0.717, 1.165) is 12.1 Å². The first-order chi connectivity index (χ1) is 10.1. The second kappa shape index (κ2) is 7.62. The van der Waals surface area contributed by atoms with Crippen molar-refractivity contribution in [3.63, 3.8) is 0 Å². The Hall–Kier alpha value is -1.32. The highest BCUT2D eigenvalue weighted by molar-refractivity contribution is 9.10. The van der Waals surface area contributed by atoms with Crippen molar-refractivity contribution in [1.82, 2.24) is 0 Å². The van der Waals surface area contributed by atoms with Crippen LogP contribution in [0.1, 0.15) is 35.7 Å². The Kier molecular flexibility index (Phi) is 5.83. The van der Waals surface area contributed by atoms with E-state index in [4.69, 9.17) is 11.6 Å². The highest BCUT2D eigenvalue weighted by Gasteiger charge is 2.10. The molecule has 0 heterocycles. The zero-order valence-corrected chi connectivity index (χ0v) is 14.2. The molecule has 0 fully saturated rings. The molecule has 2 rings (SSSR count). The van der Waals surface area contributed by atoms with E-state index >= 15 is 0 Å². The molecule has 0 atom stereocenters. The fourth-order valence-corrected chi connectivity index (χ4v) is 2.87. The molecule has 1 amide bonds. The van der Waals surface area contributed by atoms with Gasteiger partial charge in [-0.2, -0.15) is 0 Å². The van der Waals surface area contributed by atoms with Gasteiger partial charge in [0.2, 0.25) is 0 Å². The monoisotopic (exact) mass is 365 g/mol. The summed E-state index contributed by atoms with van der Waals surface area (Å²) in [7, 11) is 0. The third-order valence-electron chi connectivity index (χ3n) is 3.21. The number of benzene rings is 2. The molecule has 0 spiro atoms. The normalized spacial score (nSPS) is 10.4. The molecule has 0 saturated heterocycles. The van der Waals surface area contributed by atoms with E-state index in [1.165, 1.54) is 18.4 Å². The van der Waals surface area contributed by atoms with Crippen molar-refractivity contribution in [2.45, 2.75) is 26.2 Å². The highest BCUT2D eigenvalue weighted by Crippen LogP contribution is 2.22. The maximum absolute atomic E-state index is 12.2. The van der Waals surface area contributed by atoms with Crippen molar-refractivity contribution in [1.29, 1.82) is 0 Å². The van der Waals surface area contributed by atoms with Crippen molar-refractivity contribution in [3.8, 4) is 0 Å². The van der Waals surface area contributed by atoms with Crippen molar-refractivity contribution in [2.75, 3.05) is 5.32 Å². The first kappa shape index (κ1) is 16.1.